The predicted molar refractivity (Wildman–Crippen MR) is 109 cm³/mol. The van der Waals surface area contributed by atoms with Gasteiger partial charge < -0.3 is 15.6 Å². The van der Waals surface area contributed by atoms with Gasteiger partial charge in [-0.3, -0.25) is 9.59 Å². The Morgan fingerprint density at radius 1 is 0.897 bits per heavy atom. The Hall–Kier alpha value is -3.44. The molecule has 0 saturated heterocycles. The summed E-state index contributed by atoms with van der Waals surface area (Å²) < 4.78 is 5.53. The van der Waals surface area contributed by atoms with E-state index in [-0.39, 0.29) is 12.5 Å². The molecule has 0 radical (unpaired) electrons. The molecule has 1 aliphatic carbocycles. The molecule has 0 bridgehead atoms. The first-order valence-corrected chi connectivity index (χ1v) is 9.46. The lowest BCUT2D eigenvalue weighted by atomic mass is 9.97. The second-order valence-corrected chi connectivity index (χ2v) is 7.07. The van der Waals surface area contributed by atoms with Gasteiger partial charge in [0.2, 0.25) is 0 Å². The molecule has 3 N–H and O–H groups in total. The molecular formula is C24H21NO4. The van der Waals surface area contributed by atoms with E-state index in [9.17, 15) is 14.7 Å². The van der Waals surface area contributed by atoms with Crippen molar-refractivity contribution in [3.63, 3.8) is 0 Å². The van der Waals surface area contributed by atoms with Gasteiger partial charge in [-0.25, -0.2) is 0 Å². The van der Waals surface area contributed by atoms with Crippen molar-refractivity contribution in [1.29, 1.82) is 0 Å². The number of aliphatic carboxylic acids is 1. The van der Waals surface area contributed by atoms with E-state index in [2.05, 4.69) is 12.1 Å². The summed E-state index contributed by atoms with van der Waals surface area (Å²) in [5.74, 6) is -3.48. The van der Waals surface area contributed by atoms with Crippen LogP contribution in [0.25, 0.3) is 11.1 Å². The highest BCUT2D eigenvalue weighted by atomic mass is 16.5. The molecule has 0 aliphatic heterocycles. The maximum atomic E-state index is 12.7. The van der Waals surface area contributed by atoms with Crippen molar-refractivity contribution in [2.75, 3.05) is 6.61 Å². The van der Waals surface area contributed by atoms with Gasteiger partial charge in [-0.2, -0.15) is 0 Å². The Bertz CT molecular complexity index is 1010. The van der Waals surface area contributed by atoms with Gasteiger partial charge in [0, 0.05) is 12.5 Å². The summed E-state index contributed by atoms with van der Waals surface area (Å²) in [6.45, 7) is 0.445. The van der Waals surface area contributed by atoms with E-state index in [1.54, 1.807) is 24.3 Å². The van der Waals surface area contributed by atoms with E-state index >= 15 is 0 Å². The Labute approximate surface area is 168 Å². The summed E-state index contributed by atoms with van der Waals surface area (Å²) in [7, 11) is 0. The Balaban J connectivity index is 1.56. The van der Waals surface area contributed by atoms with E-state index in [1.807, 2.05) is 36.4 Å². The molecule has 0 aromatic heterocycles. The summed E-state index contributed by atoms with van der Waals surface area (Å²) in [6.07, 6.45) is 0. The molecule has 0 fully saturated rings. The van der Waals surface area contributed by atoms with E-state index < -0.39 is 17.9 Å². The lowest BCUT2D eigenvalue weighted by Crippen LogP contribution is -2.25. The highest BCUT2D eigenvalue weighted by Crippen LogP contribution is 2.44. The molecule has 4 rings (SSSR count). The molecule has 3 aromatic carbocycles. The average molecular weight is 387 g/mol. The summed E-state index contributed by atoms with van der Waals surface area (Å²) in [5, 5.41) is 9.61. The third kappa shape index (κ3) is 3.52. The van der Waals surface area contributed by atoms with Crippen LogP contribution in [0.3, 0.4) is 0 Å². The molecule has 0 unspecified atom stereocenters. The van der Waals surface area contributed by atoms with Gasteiger partial charge in [-0.15, -0.1) is 0 Å². The number of esters is 1. The number of carbonyl (C=O) groups is 2. The van der Waals surface area contributed by atoms with Crippen LogP contribution >= 0.6 is 0 Å². The van der Waals surface area contributed by atoms with Crippen LogP contribution in [0.5, 0.6) is 0 Å². The molecule has 5 heteroatoms. The van der Waals surface area contributed by atoms with Crippen molar-refractivity contribution in [3.05, 3.63) is 95.1 Å². The van der Waals surface area contributed by atoms with Crippen molar-refractivity contribution in [2.45, 2.75) is 18.4 Å². The fourth-order valence-corrected chi connectivity index (χ4v) is 3.91. The minimum atomic E-state index is -1.37. The lowest BCUT2D eigenvalue weighted by Gasteiger charge is -2.17. The lowest BCUT2D eigenvalue weighted by molar-refractivity contribution is -0.154. The number of nitrogens with two attached hydrogens (primary N) is 1. The smallest absolute Gasteiger partial charge is 0.324 e. The summed E-state index contributed by atoms with van der Waals surface area (Å²) >= 11 is 0. The minimum absolute atomic E-state index is 0.0948. The maximum absolute atomic E-state index is 12.7. The van der Waals surface area contributed by atoms with Gasteiger partial charge in [0.25, 0.3) is 0 Å². The largest absolute Gasteiger partial charge is 0.480 e. The SMILES string of the molecule is NCc1ccc([C@H](C(=O)O)C(=O)OCC2c3ccccc3-c3ccccc32)cc1. The van der Waals surface area contributed by atoms with Crippen molar-refractivity contribution < 1.29 is 19.4 Å². The quantitative estimate of drug-likeness (QED) is 0.498. The zero-order chi connectivity index (χ0) is 20.4. The number of carbonyl (C=O) groups excluding carboxylic acids is 1. The van der Waals surface area contributed by atoms with E-state index in [4.69, 9.17) is 10.5 Å². The molecule has 3 aromatic rings. The van der Waals surface area contributed by atoms with Gasteiger partial charge in [0.15, 0.2) is 5.92 Å². The molecule has 1 aliphatic rings. The first-order chi connectivity index (χ1) is 14.1. The summed E-state index contributed by atoms with van der Waals surface area (Å²) in [6, 6.07) is 22.7. The number of fused-ring (bicyclic) bond motifs is 3. The number of hydrogen-bond acceptors (Lipinski definition) is 4. The van der Waals surface area contributed by atoms with Gasteiger partial charge in [-0.1, -0.05) is 72.8 Å². The zero-order valence-corrected chi connectivity index (χ0v) is 15.7. The van der Waals surface area contributed by atoms with E-state index in [0.717, 1.165) is 27.8 Å². The molecule has 146 valence electrons. The van der Waals surface area contributed by atoms with E-state index in [1.165, 1.54) is 0 Å². The van der Waals surface area contributed by atoms with Crippen LogP contribution in [0, 0.1) is 0 Å². The maximum Gasteiger partial charge on any atom is 0.324 e. The highest BCUT2D eigenvalue weighted by Gasteiger charge is 2.33. The summed E-state index contributed by atoms with van der Waals surface area (Å²) in [4.78, 5) is 24.5. The molecule has 1 atom stereocenters. The molecule has 5 nitrogen and oxygen atoms in total. The topological polar surface area (TPSA) is 89.6 Å². The van der Waals surface area contributed by atoms with Crippen molar-refractivity contribution >= 4 is 11.9 Å². The standard InChI is InChI=1S/C24H21NO4/c25-13-15-9-11-16(12-10-15)22(23(26)27)24(28)29-14-21-19-7-3-1-5-17(19)18-6-2-4-8-20(18)21/h1-12,21-22H,13-14,25H2,(H,26,27)/t22-/m1/s1. The van der Waals surface area contributed by atoms with Crippen molar-refractivity contribution in [2.24, 2.45) is 5.73 Å². The third-order valence-corrected chi connectivity index (χ3v) is 5.39. The van der Waals surface area contributed by atoms with Gasteiger partial charge in [0.1, 0.15) is 6.61 Å². The van der Waals surface area contributed by atoms with Gasteiger partial charge in [-0.05, 0) is 33.4 Å². The molecule has 29 heavy (non-hydrogen) atoms. The Morgan fingerprint density at radius 2 is 1.45 bits per heavy atom. The fraction of sp³-hybridized carbons (Fsp3) is 0.167. The predicted octanol–water partition coefficient (Wildman–Crippen LogP) is 3.67. The fourth-order valence-electron chi connectivity index (χ4n) is 3.91. The first kappa shape index (κ1) is 18.9. The van der Waals surface area contributed by atoms with Gasteiger partial charge >= 0.3 is 11.9 Å². The molecule has 0 spiro atoms. The number of ether oxygens (including phenoxy) is 1. The van der Waals surface area contributed by atoms with Crippen LogP contribution < -0.4 is 5.73 Å². The second kappa shape index (κ2) is 7.89. The number of carboxylic acid groups (broad SMARTS) is 1. The monoisotopic (exact) mass is 387 g/mol. The molecule has 0 saturated carbocycles. The Kier molecular flexibility index (Phi) is 5.14. The third-order valence-electron chi connectivity index (χ3n) is 5.39. The van der Waals surface area contributed by atoms with Gasteiger partial charge in [0.05, 0.1) is 0 Å². The van der Waals surface area contributed by atoms with Crippen LogP contribution in [0.15, 0.2) is 72.8 Å². The molecule has 0 heterocycles. The highest BCUT2D eigenvalue weighted by molar-refractivity contribution is 6.00. The number of benzene rings is 3. The van der Waals surface area contributed by atoms with Crippen LogP contribution in [0.2, 0.25) is 0 Å². The number of hydrogen-bond donors (Lipinski definition) is 2. The number of rotatable bonds is 6. The molecular weight excluding hydrogens is 366 g/mol. The first-order valence-electron chi connectivity index (χ1n) is 9.46. The normalized spacial score (nSPS) is 13.4. The number of carboxylic acids is 1. The average Bonchev–Trinajstić information content (AvgIpc) is 3.06. The van der Waals surface area contributed by atoms with E-state index in [0.29, 0.717) is 12.1 Å². The van der Waals surface area contributed by atoms with Crippen LogP contribution in [-0.2, 0) is 20.9 Å². The minimum Gasteiger partial charge on any atom is -0.480 e. The molecule has 0 amide bonds. The van der Waals surface area contributed by atoms with Crippen LogP contribution in [0.1, 0.15) is 34.1 Å². The van der Waals surface area contributed by atoms with Crippen molar-refractivity contribution in [1.82, 2.24) is 0 Å². The second-order valence-electron chi connectivity index (χ2n) is 7.07. The Morgan fingerprint density at radius 3 is 1.97 bits per heavy atom. The zero-order valence-electron chi connectivity index (χ0n) is 15.7. The summed E-state index contributed by atoms with van der Waals surface area (Å²) in [5.41, 5.74) is 11.2. The van der Waals surface area contributed by atoms with Crippen LogP contribution in [0.4, 0.5) is 0 Å². The van der Waals surface area contributed by atoms with Crippen LogP contribution in [-0.4, -0.2) is 23.7 Å². The van der Waals surface area contributed by atoms with Crippen molar-refractivity contribution in [3.8, 4) is 11.1 Å².